The van der Waals surface area contributed by atoms with Gasteiger partial charge in [0.05, 0.1) is 21.8 Å². The number of rotatable bonds is 5. The lowest BCUT2D eigenvalue weighted by atomic mass is 9.97. The number of carbonyl (C=O) groups is 2. The predicted molar refractivity (Wildman–Crippen MR) is 104 cm³/mol. The lowest BCUT2D eigenvalue weighted by molar-refractivity contribution is -0.151. The zero-order chi connectivity index (χ0) is 20.4. The lowest BCUT2D eigenvalue weighted by Gasteiger charge is -2.30. The van der Waals surface area contributed by atoms with E-state index < -0.39 is 12.5 Å². The molecule has 29 heavy (non-hydrogen) atoms. The molecule has 6 nitrogen and oxygen atoms in total. The molecule has 0 saturated carbocycles. The zero-order valence-corrected chi connectivity index (χ0v) is 16.3. The molecule has 3 aromatic rings. The van der Waals surface area contributed by atoms with E-state index in [-0.39, 0.29) is 24.3 Å². The third kappa shape index (κ3) is 4.00. The Hall–Kier alpha value is -2.81. The van der Waals surface area contributed by atoms with Crippen molar-refractivity contribution in [1.82, 2.24) is 14.5 Å². The van der Waals surface area contributed by atoms with Crippen molar-refractivity contribution >= 4 is 34.2 Å². The molecule has 0 atom stereocenters. The van der Waals surface area contributed by atoms with Gasteiger partial charge in [0.1, 0.15) is 6.61 Å². The summed E-state index contributed by atoms with van der Waals surface area (Å²) in [5.41, 5.74) is 0.730. The van der Waals surface area contributed by atoms with Crippen LogP contribution in [0.25, 0.3) is 11.0 Å². The maximum atomic E-state index is 13.5. The van der Waals surface area contributed by atoms with Crippen molar-refractivity contribution in [2.24, 2.45) is 5.92 Å². The van der Waals surface area contributed by atoms with E-state index in [1.165, 1.54) is 11.3 Å². The highest BCUT2D eigenvalue weighted by molar-refractivity contribution is 7.12. The maximum Gasteiger partial charge on any atom is 0.320 e. The second kappa shape index (κ2) is 8.28. The van der Waals surface area contributed by atoms with Crippen LogP contribution in [-0.4, -0.2) is 39.4 Å². The van der Waals surface area contributed by atoms with Crippen LogP contribution < -0.4 is 0 Å². The molecule has 1 aliphatic heterocycles. The highest BCUT2D eigenvalue weighted by Gasteiger charge is 2.29. The molecule has 0 bridgehead atoms. The molecular weight excluding hydrogens is 400 g/mol. The summed E-state index contributed by atoms with van der Waals surface area (Å²) < 4.78 is 33.0. The summed E-state index contributed by atoms with van der Waals surface area (Å²) in [6.45, 7) is -2.16. The molecule has 4 rings (SSSR count). The fourth-order valence-electron chi connectivity index (χ4n) is 3.54. The smallest absolute Gasteiger partial charge is 0.320 e. The van der Waals surface area contributed by atoms with E-state index in [4.69, 9.17) is 4.74 Å². The van der Waals surface area contributed by atoms with Crippen molar-refractivity contribution in [1.29, 1.82) is 0 Å². The molecule has 0 N–H and O–H groups in total. The van der Waals surface area contributed by atoms with Gasteiger partial charge in [0.15, 0.2) is 5.82 Å². The van der Waals surface area contributed by atoms with Crippen LogP contribution in [0.4, 0.5) is 8.78 Å². The van der Waals surface area contributed by atoms with Crippen molar-refractivity contribution < 1.29 is 23.1 Å². The van der Waals surface area contributed by atoms with Crippen molar-refractivity contribution in [2.75, 3.05) is 13.1 Å². The molecular formula is C20H19F2N3O3S. The van der Waals surface area contributed by atoms with Gasteiger partial charge in [-0.05, 0) is 36.4 Å². The van der Waals surface area contributed by atoms with Crippen molar-refractivity contribution in [2.45, 2.75) is 26.0 Å². The van der Waals surface area contributed by atoms with Crippen LogP contribution in [0.5, 0.6) is 0 Å². The number of hydrogen-bond donors (Lipinski definition) is 0. The largest absolute Gasteiger partial charge is 0.457 e. The minimum atomic E-state index is -2.78. The number of piperidine rings is 1. The molecule has 3 heterocycles. The first-order chi connectivity index (χ1) is 14.0. The first-order valence-electron chi connectivity index (χ1n) is 9.28. The number of thiophene rings is 1. The molecule has 1 saturated heterocycles. The van der Waals surface area contributed by atoms with Crippen LogP contribution in [0.3, 0.4) is 0 Å². The van der Waals surface area contributed by atoms with Crippen LogP contribution in [0.2, 0.25) is 0 Å². The number of alkyl halides is 2. The lowest BCUT2D eigenvalue weighted by Crippen LogP contribution is -2.40. The number of amides is 1. The fourth-order valence-corrected chi connectivity index (χ4v) is 4.23. The molecule has 1 amide bonds. The first kappa shape index (κ1) is 19.5. The SMILES string of the molecule is O=C(OCc1nc2ccccc2n1C(F)F)C1CCN(C(=O)c2cccs2)CC1. The highest BCUT2D eigenvalue weighted by Crippen LogP contribution is 2.25. The second-order valence-electron chi connectivity index (χ2n) is 6.82. The van der Waals surface area contributed by atoms with Crippen LogP contribution in [0, 0.1) is 5.92 Å². The molecule has 9 heteroatoms. The topological polar surface area (TPSA) is 64.4 Å². The third-order valence-electron chi connectivity index (χ3n) is 5.06. The molecule has 1 aromatic carbocycles. The molecule has 0 radical (unpaired) electrons. The van der Waals surface area contributed by atoms with Crippen LogP contribution in [-0.2, 0) is 16.1 Å². The monoisotopic (exact) mass is 419 g/mol. The standard InChI is InChI=1S/C20H19F2N3O3S/c21-20(22)25-15-5-2-1-4-14(15)23-17(25)12-28-19(27)13-7-9-24(10-8-13)18(26)16-6-3-11-29-16/h1-6,11,13,20H,7-10,12H2. The molecule has 2 aromatic heterocycles. The zero-order valence-electron chi connectivity index (χ0n) is 15.5. The molecule has 0 aliphatic carbocycles. The summed E-state index contributed by atoms with van der Waals surface area (Å²) in [5.74, 6) is -0.815. The van der Waals surface area contributed by atoms with E-state index in [1.54, 1.807) is 35.2 Å². The van der Waals surface area contributed by atoms with E-state index in [1.807, 2.05) is 11.4 Å². The van der Waals surface area contributed by atoms with E-state index in [9.17, 15) is 18.4 Å². The number of esters is 1. The molecule has 0 spiro atoms. The molecule has 0 unspecified atom stereocenters. The van der Waals surface area contributed by atoms with Gasteiger partial charge in [-0.2, -0.15) is 8.78 Å². The normalized spacial score (nSPS) is 15.2. The summed E-state index contributed by atoms with van der Waals surface area (Å²) >= 11 is 1.39. The highest BCUT2D eigenvalue weighted by atomic mass is 32.1. The maximum absolute atomic E-state index is 13.5. The average Bonchev–Trinajstić information content (AvgIpc) is 3.39. The van der Waals surface area contributed by atoms with Gasteiger partial charge >= 0.3 is 12.5 Å². The number of ether oxygens (including phenoxy) is 1. The number of nitrogens with zero attached hydrogens (tertiary/aromatic N) is 3. The summed E-state index contributed by atoms with van der Waals surface area (Å²) in [5, 5.41) is 1.85. The number of aromatic nitrogens is 2. The van der Waals surface area contributed by atoms with E-state index >= 15 is 0 Å². The van der Waals surface area contributed by atoms with E-state index in [0.29, 0.717) is 41.8 Å². The van der Waals surface area contributed by atoms with Crippen LogP contribution in [0.15, 0.2) is 41.8 Å². The van der Waals surface area contributed by atoms with Crippen molar-refractivity contribution in [3.05, 3.63) is 52.5 Å². The minimum absolute atomic E-state index is 0.0138. The van der Waals surface area contributed by atoms with Crippen LogP contribution >= 0.6 is 11.3 Å². The number of imidazole rings is 1. The van der Waals surface area contributed by atoms with Gasteiger partial charge in [0, 0.05) is 13.1 Å². The van der Waals surface area contributed by atoms with Gasteiger partial charge in [-0.1, -0.05) is 18.2 Å². The average molecular weight is 419 g/mol. The summed E-state index contributed by atoms with van der Waals surface area (Å²) in [6.07, 6.45) is 0.975. The Labute approximate surface area is 169 Å². The van der Waals surface area contributed by atoms with Gasteiger partial charge in [0.2, 0.25) is 0 Å². The number of para-hydroxylation sites is 2. The molecule has 1 aliphatic rings. The summed E-state index contributed by atoms with van der Waals surface area (Å²) in [7, 11) is 0. The first-order valence-corrected chi connectivity index (χ1v) is 10.2. The van der Waals surface area contributed by atoms with E-state index in [0.717, 1.165) is 4.57 Å². The molecule has 1 fully saturated rings. The van der Waals surface area contributed by atoms with Crippen LogP contribution in [0.1, 0.15) is 34.9 Å². The van der Waals surface area contributed by atoms with Gasteiger partial charge in [-0.3, -0.25) is 14.2 Å². The minimum Gasteiger partial charge on any atom is -0.457 e. The summed E-state index contributed by atoms with van der Waals surface area (Å²) in [4.78, 5) is 31.4. The molecule has 152 valence electrons. The van der Waals surface area contributed by atoms with Gasteiger partial charge < -0.3 is 9.64 Å². The third-order valence-corrected chi connectivity index (χ3v) is 5.91. The number of fused-ring (bicyclic) bond motifs is 1. The van der Waals surface area contributed by atoms with Crippen molar-refractivity contribution in [3.63, 3.8) is 0 Å². The Balaban J connectivity index is 1.36. The van der Waals surface area contributed by atoms with Gasteiger partial charge in [0.25, 0.3) is 5.91 Å². The number of carbonyl (C=O) groups excluding carboxylic acids is 2. The van der Waals surface area contributed by atoms with E-state index in [2.05, 4.69) is 4.98 Å². The number of likely N-dealkylation sites (tertiary alicyclic amines) is 1. The Morgan fingerprint density at radius 1 is 1.17 bits per heavy atom. The second-order valence-corrected chi connectivity index (χ2v) is 7.76. The Kier molecular flexibility index (Phi) is 5.57. The number of hydrogen-bond acceptors (Lipinski definition) is 5. The predicted octanol–water partition coefficient (Wildman–Crippen LogP) is 4.09. The Morgan fingerprint density at radius 3 is 2.62 bits per heavy atom. The quantitative estimate of drug-likeness (QED) is 0.585. The van der Waals surface area contributed by atoms with Gasteiger partial charge in [-0.15, -0.1) is 11.3 Å². The summed E-state index contributed by atoms with van der Waals surface area (Å²) in [6, 6.07) is 10.2. The Morgan fingerprint density at radius 2 is 1.93 bits per heavy atom. The fraction of sp³-hybridized carbons (Fsp3) is 0.350. The number of halogens is 2. The van der Waals surface area contributed by atoms with Crippen molar-refractivity contribution in [3.8, 4) is 0 Å². The number of benzene rings is 1. The van der Waals surface area contributed by atoms with Gasteiger partial charge in [-0.25, -0.2) is 4.98 Å². The Bertz CT molecular complexity index is 1010.